The Kier molecular flexibility index (Phi) is 6.22. The molecule has 1 fully saturated rings. The zero-order valence-electron chi connectivity index (χ0n) is 13.5. The van der Waals surface area contributed by atoms with E-state index >= 15 is 0 Å². The Morgan fingerprint density at radius 1 is 1.25 bits per heavy atom. The molecule has 1 unspecified atom stereocenters. The predicted molar refractivity (Wildman–Crippen MR) is 95.2 cm³/mol. The van der Waals surface area contributed by atoms with Gasteiger partial charge in [0.25, 0.3) is 5.91 Å². The number of hydrogen-bond acceptors (Lipinski definition) is 5. The molecule has 0 radical (unpaired) electrons. The van der Waals surface area contributed by atoms with E-state index in [1.807, 2.05) is 19.0 Å². The maximum atomic E-state index is 12.5. The Morgan fingerprint density at radius 2 is 1.92 bits per heavy atom. The molecule has 7 nitrogen and oxygen atoms in total. The van der Waals surface area contributed by atoms with Gasteiger partial charge in [0.1, 0.15) is 0 Å². The van der Waals surface area contributed by atoms with Crippen LogP contribution < -0.4 is 10.2 Å². The van der Waals surface area contributed by atoms with Crippen molar-refractivity contribution in [1.29, 1.82) is 0 Å². The average Bonchev–Trinajstić information content (AvgIpc) is 2.51. The summed E-state index contributed by atoms with van der Waals surface area (Å²) in [6, 6.07) is 5.95. The molecule has 4 amide bonds. The van der Waals surface area contributed by atoms with Crippen LogP contribution >= 0.6 is 15.9 Å². The normalized spacial score (nSPS) is 18.6. The van der Waals surface area contributed by atoms with E-state index in [0.29, 0.717) is 12.2 Å². The van der Waals surface area contributed by atoms with Gasteiger partial charge in [-0.1, -0.05) is 15.9 Å². The highest BCUT2D eigenvalue weighted by Crippen LogP contribution is 2.22. The van der Waals surface area contributed by atoms with Crippen LogP contribution in [-0.2, 0) is 9.59 Å². The zero-order valence-corrected chi connectivity index (χ0v) is 15.1. The van der Waals surface area contributed by atoms with Crippen LogP contribution in [0.4, 0.5) is 10.5 Å². The number of halogens is 1. The average molecular weight is 395 g/mol. The first-order valence-electron chi connectivity index (χ1n) is 7.49. The lowest BCUT2D eigenvalue weighted by Crippen LogP contribution is -2.58. The fourth-order valence-electron chi connectivity index (χ4n) is 2.21. The third-order valence-corrected chi connectivity index (χ3v) is 3.96. The molecule has 1 atom stereocenters. The molecule has 1 N–H and O–H groups in total. The number of hydrogen-bond donors (Lipinski definition) is 1. The Morgan fingerprint density at radius 3 is 2.54 bits per heavy atom. The van der Waals surface area contributed by atoms with Gasteiger partial charge in [-0.15, -0.1) is 0 Å². The van der Waals surface area contributed by atoms with E-state index in [0.717, 1.165) is 22.3 Å². The summed E-state index contributed by atoms with van der Waals surface area (Å²) in [5, 5.41) is 2.20. The number of amides is 4. The number of barbiturate groups is 1. The minimum Gasteiger partial charge on any atom is -0.309 e. The van der Waals surface area contributed by atoms with Crippen molar-refractivity contribution in [1.82, 2.24) is 10.2 Å². The summed E-state index contributed by atoms with van der Waals surface area (Å²) in [4.78, 5) is 43.6. The third-order valence-electron chi connectivity index (χ3n) is 3.43. The van der Waals surface area contributed by atoms with Crippen molar-refractivity contribution in [2.24, 2.45) is 10.9 Å². The smallest absolute Gasteiger partial charge is 0.309 e. The number of aliphatic imine (C=N–C) groups is 1. The standard InChI is InChI=1S/C16H19BrN4O3/c1-20(2)9-3-8-18-10-13-14(22)19-16(24)21(15(13)23)12-6-4-11(17)5-7-12/h4-7,10,13H,3,8-9H2,1-2H3,(H,19,22,24). The van der Waals surface area contributed by atoms with Crippen LogP contribution in [0, 0.1) is 5.92 Å². The van der Waals surface area contributed by atoms with Crippen LogP contribution in [0.2, 0.25) is 0 Å². The molecular formula is C16H19BrN4O3. The van der Waals surface area contributed by atoms with Crippen molar-refractivity contribution >= 4 is 45.7 Å². The highest BCUT2D eigenvalue weighted by Gasteiger charge is 2.40. The van der Waals surface area contributed by atoms with Gasteiger partial charge in [0.2, 0.25) is 5.91 Å². The van der Waals surface area contributed by atoms with Gasteiger partial charge in [0, 0.05) is 17.2 Å². The molecule has 128 valence electrons. The van der Waals surface area contributed by atoms with Crippen LogP contribution in [0.5, 0.6) is 0 Å². The van der Waals surface area contributed by atoms with Crippen LogP contribution in [0.25, 0.3) is 0 Å². The lowest BCUT2D eigenvalue weighted by molar-refractivity contribution is -0.131. The number of nitrogens with zero attached hydrogens (tertiary/aromatic N) is 3. The Hall–Kier alpha value is -2.06. The number of rotatable bonds is 6. The highest BCUT2D eigenvalue weighted by molar-refractivity contribution is 9.10. The molecule has 0 spiro atoms. The van der Waals surface area contributed by atoms with Gasteiger partial charge in [-0.05, 0) is 51.3 Å². The van der Waals surface area contributed by atoms with E-state index in [9.17, 15) is 14.4 Å². The van der Waals surface area contributed by atoms with Crippen LogP contribution in [0.3, 0.4) is 0 Å². The molecule has 1 aliphatic heterocycles. The molecule has 8 heteroatoms. The van der Waals surface area contributed by atoms with E-state index in [2.05, 4.69) is 26.2 Å². The van der Waals surface area contributed by atoms with Gasteiger partial charge < -0.3 is 4.90 Å². The van der Waals surface area contributed by atoms with Crippen LogP contribution in [0.15, 0.2) is 33.7 Å². The van der Waals surface area contributed by atoms with Gasteiger partial charge in [0.15, 0.2) is 5.92 Å². The lowest BCUT2D eigenvalue weighted by atomic mass is 10.1. The lowest BCUT2D eigenvalue weighted by Gasteiger charge is -2.28. The van der Waals surface area contributed by atoms with Gasteiger partial charge in [0.05, 0.1) is 5.69 Å². The number of anilines is 1. The molecule has 24 heavy (non-hydrogen) atoms. The van der Waals surface area contributed by atoms with E-state index in [4.69, 9.17) is 0 Å². The molecule has 1 saturated heterocycles. The van der Waals surface area contributed by atoms with Crippen LogP contribution in [0.1, 0.15) is 6.42 Å². The third kappa shape index (κ3) is 4.48. The van der Waals surface area contributed by atoms with E-state index in [1.54, 1.807) is 24.3 Å². The first-order chi connectivity index (χ1) is 11.4. The molecule has 1 heterocycles. The Labute approximate surface area is 148 Å². The number of benzene rings is 1. The second-order valence-corrected chi connectivity index (χ2v) is 6.55. The van der Waals surface area contributed by atoms with Crippen molar-refractivity contribution in [2.75, 3.05) is 32.1 Å². The van der Waals surface area contributed by atoms with Gasteiger partial charge >= 0.3 is 6.03 Å². The van der Waals surface area contributed by atoms with E-state index < -0.39 is 23.8 Å². The summed E-state index contributed by atoms with van der Waals surface area (Å²) in [7, 11) is 3.92. The molecule has 1 aromatic carbocycles. The van der Waals surface area contributed by atoms with Crippen molar-refractivity contribution in [3.8, 4) is 0 Å². The van der Waals surface area contributed by atoms with Gasteiger partial charge in [-0.3, -0.25) is 19.9 Å². The van der Waals surface area contributed by atoms with Gasteiger partial charge in [-0.25, -0.2) is 9.69 Å². The fraction of sp³-hybridized carbons (Fsp3) is 0.375. The number of imide groups is 2. The molecular weight excluding hydrogens is 376 g/mol. The molecule has 1 aromatic rings. The first kappa shape index (κ1) is 18.3. The number of nitrogens with one attached hydrogen (secondary N) is 1. The quantitative estimate of drug-likeness (QED) is 0.451. The largest absolute Gasteiger partial charge is 0.335 e. The maximum Gasteiger partial charge on any atom is 0.335 e. The fourth-order valence-corrected chi connectivity index (χ4v) is 2.48. The summed E-state index contributed by atoms with van der Waals surface area (Å²) in [6.45, 7) is 1.38. The Balaban J connectivity index is 2.10. The van der Waals surface area contributed by atoms with Crippen molar-refractivity contribution in [2.45, 2.75) is 6.42 Å². The second-order valence-electron chi connectivity index (χ2n) is 5.63. The highest BCUT2D eigenvalue weighted by atomic mass is 79.9. The topological polar surface area (TPSA) is 82.1 Å². The van der Waals surface area contributed by atoms with E-state index in [-0.39, 0.29) is 0 Å². The predicted octanol–water partition coefficient (Wildman–Crippen LogP) is 1.67. The minimum absolute atomic E-state index is 0.402. The Bertz CT molecular complexity index is 658. The van der Waals surface area contributed by atoms with Crippen LogP contribution in [-0.4, -0.2) is 56.1 Å². The molecule has 1 aliphatic rings. The maximum absolute atomic E-state index is 12.5. The summed E-state index contributed by atoms with van der Waals surface area (Å²) < 4.78 is 0.825. The minimum atomic E-state index is -1.09. The molecule has 2 rings (SSSR count). The summed E-state index contributed by atoms with van der Waals surface area (Å²) in [5.41, 5.74) is 0.402. The van der Waals surface area contributed by atoms with Gasteiger partial charge in [-0.2, -0.15) is 0 Å². The summed E-state index contributed by atoms with van der Waals surface area (Å²) >= 11 is 3.30. The molecule has 0 aromatic heterocycles. The monoisotopic (exact) mass is 394 g/mol. The molecule has 0 saturated carbocycles. The van der Waals surface area contributed by atoms with Crippen molar-refractivity contribution in [3.05, 3.63) is 28.7 Å². The number of carbonyl (C=O) groups is 3. The molecule has 0 bridgehead atoms. The van der Waals surface area contributed by atoms with Crippen molar-refractivity contribution in [3.63, 3.8) is 0 Å². The van der Waals surface area contributed by atoms with Crippen molar-refractivity contribution < 1.29 is 14.4 Å². The SMILES string of the molecule is CN(C)CCCN=CC1C(=O)NC(=O)N(c2ccc(Br)cc2)C1=O. The number of carbonyl (C=O) groups excluding carboxylic acids is 3. The number of urea groups is 1. The molecule has 0 aliphatic carbocycles. The second kappa shape index (κ2) is 8.16. The van der Waals surface area contributed by atoms with E-state index in [1.165, 1.54) is 6.21 Å². The zero-order chi connectivity index (χ0) is 17.7. The first-order valence-corrected chi connectivity index (χ1v) is 8.28. The summed E-state index contributed by atoms with van der Waals surface area (Å²) in [5.74, 6) is -2.33. The summed E-state index contributed by atoms with van der Waals surface area (Å²) in [6.07, 6.45) is 2.15.